The topological polar surface area (TPSA) is 68.5 Å². The lowest BCUT2D eigenvalue weighted by Gasteiger charge is -2.20. The average molecular weight is 671 g/mol. The molecule has 1 atom stereocenters. The largest absolute Gasteiger partial charge is 0.455 e. The molecule has 0 saturated heterocycles. The zero-order valence-corrected chi connectivity index (χ0v) is 28.3. The van der Waals surface area contributed by atoms with E-state index in [4.69, 9.17) is 15.1 Å². The number of benzene rings is 8. The van der Waals surface area contributed by atoms with Gasteiger partial charge in [-0.05, 0) is 69.1 Å². The van der Waals surface area contributed by atoms with Gasteiger partial charge in [0, 0.05) is 16.2 Å². The molecule has 8 aromatic carbocycles. The lowest BCUT2D eigenvalue weighted by molar-refractivity contribution is 0.662. The number of para-hydroxylation sites is 2. The van der Waals surface area contributed by atoms with Crippen LogP contribution < -0.4 is 11.1 Å². The first-order chi connectivity index (χ1) is 25.7. The van der Waals surface area contributed by atoms with Crippen molar-refractivity contribution in [2.75, 3.05) is 0 Å². The Morgan fingerprint density at radius 1 is 0.596 bits per heavy atom. The molecule has 0 amide bonds. The summed E-state index contributed by atoms with van der Waals surface area (Å²) in [6.07, 6.45) is -0.523. The summed E-state index contributed by atoms with van der Waals surface area (Å²) in [7, 11) is 0. The van der Waals surface area contributed by atoms with E-state index in [0.717, 1.165) is 66.1 Å². The number of amidine groups is 1. The van der Waals surface area contributed by atoms with Crippen molar-refractivity contribution >= 4 is 71.1 Å². The molecule has 1 unspecified atom stereocenters. The van der Waals surface area contributed by atoms with E-state index in [9.17, 15) is 0 Å². The number of aromatic nitrogens is 1. The zero-order valence-electron chi connectivity index (χ0n) is 28.3. The monoisotopic (exact) mass is 670 g/mol. The third-order valence-corrected chi connectivity index (χ3v) is 10.3. The number of aliphatic imine (C=N–C) groups is 1. The van der Waals surface area contributed by atoms with Crippen molar-refractivity contribution < 1.29 is 4.42 Å². The quantitative estimate of drug-likeness (QED) is 0.105. The summed E-state index contributed by atoms with van der Waals surface area (Å²) in [5.41, 5.74) is 14.9. The van der Waals surface area contributed by atoms with Crippen LogP contribution in [0.5, 0.6) is 0 Å². The summed E-state index contributed by atoms with van der Waals surface area (Å²) in [4.78, 5) is 5.22. The van der Waals surface area contributed by atoms with Gasteiger partial charge < -0.3 is 20.0 Å². The number of furan rings is 1. The predicted octanol–water partition coefficient (Wildman–Crippen LogP) is 11.2. The molecule has 5 heteroatoms. The van der Waals surface area contributed by atoms with Crippen molar-refractivity contribution in [2.45, 2.75) is 12.7 Å². The molecule has 10 rings (SSSR count). The Labute approximate surface area is 300 Å². The van der Waals surface area contributed by atoms with Gasteiger partial charge in [0.2, 0.25) is 0 Å². The molecule has 0 aliphatic carbocycles. The molecule has 0 radical (unpaired) electrons. The number of nitrogens with one attached hydrogen (secondary N) is 1. The first kappa shape index (κ1) is 30.2. The molecule has 0 aliphatic heterocycles. The maximum Gasteiger partial charge on any atom is 0.148 e. The molecule has 10 aromatic rings. The van der Waals surface area contributed by atoms with E-state index in [2.05, 4.69) is 149 Å². The summed E-state index contributed by atoms with van der Waals surface area (Å²) in [6, 6.07) is 59.4. The first-order valence-corrected chi connectivity index (χ1v) is 17.7. The van der Waals surface area contributed by atoms with Crippen molar-refractivity contribution in [3.05, 3.63) is 187 Å². The van der Waals surface area contributed by atoms with E-state index in [0.29, 0.717) is 12.4 Å². The lowest BCUT2D eigenvalue weighted by atomic mass is 10.0. The molecule has 0 spiro atoms. The summed E-state index contributed by atoms with van der Waals surface area (Å²) in [5.74, 6) is 0.674. The minimum atomic E-state index is -0.523. The predicted molar refractivity (Wildman–Crippen MR) is 216 cm³/mol. The van der Waals surface area contributed by atoms with E-state index < -0.39 is 6.17 Å². The number of rotatable bonds is 6. The molecule has 0 saturated carbocycles. The minimum Gasteiger partial charge on any atom is -0.455 e. The van der Waals surface area contributed by atoms with Gasteiger partial charge in [-0.2, -0.15) is 0 Å². The van der Waals surface area contributed by atoms with Gasteiger partial charge in [-0.1, -0.05) is 133 Å². The Bertz CT molecular complexity index is 2980. The Kier molecular flexibility index (Phi) is 7.12. The fourth-order valence-corrected chi connectivity index (χ4v) is 7.81. The fourth-order valence-electron chi connectivity index (χ4n) is 7.81. The normalized spacial score (nSPS) is 12.8. The van der Waals surface area contributed by atoms with Gasteiger partial charge in [-0.15, -0.1) is 0 Å². The molecular formula is C47H34N4O. The van der Waals surface area contributed by atoms with E-state index >= 15 is 0 Å². The maximum absolute atomic E-state index is 7.04. The summed E-state index contributed by atoms with van der Waals surface area (Å²) in [5, 5.41) is 12.8. The number of fused-ring (bicyclic) bond motifs is 8. The SMILES string of the molecule is NC(NC(=NCc1ccccc1)c1ccc(-n2c3ccccc3c3cc4ccccc4cc32)c2c1oc1ccccc12)c1cccc2ccccc12. The summed E-state index contributed by atoms with van der Waals surface area (Å²) in [6.45, 7) is 0.481. The Morgan fingerprint density at radius 3 is 2.12 bits per heavy atom. The van der Waals surface area contributed by atoms with E-state index in [1.165, 1.54) is 21.5 Å². The Hall–Kier alpha value is -6.69. The number of nitrogens with two attached hydrogens (primary N) is 1. The highest BCUT2D eigenvalue weighted by Crippen LogP contribution is 2.41. The lowest BCUT2D eigenvalue weighted by Crippen LogP contribution is -2.35. The molecule has 52 heavy (non-hydrogen) atoms. The molecule has 0 fully saturated rings. The molecule has 2 heterocycles. The molecule has 248 valence electrons. The van der Waals surface area contributed by atoms with Gasteiger partial charge in [0.05, 0.1) is 34.2 Å². The van der Waals surface area contributed by atoms with Crippen molar-refractivity contribution in [1.82, 2.24) is 9.88 Å². The van der Waals surface area contributed by atoms with Gasteiger partial charge in [-0.3, -0.25) is 4.99 Å². The Balaban J connectivity index is 1.21. The van der Waals surface area contributed by atoms with Crippen LogP contribution in [0.3, 0.4) is 0 Å². The highest BCUT2D eigenvalue weighted by molar-refractivity contribution is 6.20. The van der Waals surface area contributed by atoms with Gasteiger partial charge in [0.15, 0.2) is 0 Å². The van der Waals surface area contributed by atoms with Crippen LogP contribution in [0.15, 0.2) is 179 Å². The number of hydrogen-bond donors (Lipinski definition) is 2. The van der Waals surface area contributed by atoms with Gasteiger partial charge in [0.1, 0.15) is 23.2 Å². The third-order valence-electron chi connectivity index (χ3n) is 10.3. The minimum absolute atomic E-state index is 0.481. The van der Waals surface area contributed by atoms with Crippen LogP contribution in [0.4, 0.5) is 0 Å². The average Bonchev–Trinajstić information content (AvgIpc) is 3.74. The molecule has 0 aliphatic rings. The molecule has 3 N–H and O–H groups in total. The molecule has 2 aromatic heterocycles. The van der Waals surface area contributed by atoms with Crippen molar-refractivity contribution in [2.24, 2.45) is 10.7 Å². The fraction of sp³-hybridized carbons (Fsp3) is 0.0426. The maximum atomic E-state index is 7.04. The van der Waals surface area contributed by atoms with Crippen molar-refractivity contribution in [1.29, 1.82) is 0 Å². The zero-order chi connectivity index (χ0) is 34.6. The van der Waals surface area contributed by atoms with Gasteiger partial charge >= 0.3 is 0 Å². The van der Waals surface area contributed by atoms with Crippen molar-refractivity contribution in [3.63, 3.8) is 0 Å². The van der Waals surface area contributed by atoms with Crippen LogP contribution >= 0.6 is 0 Å². The molecular weight excluding hydrogens is 637 g/mol. The summed E-state index contributed by atoms with van der Waals surface area (Å²) >= 11 is 0. The third kappa shape index (κ3) is 4.94. The second kappa shape index (κ2) is 12.3. The van der Waals surface area contributed by atoms with Crippen LogP contribution in [-0.2, 0) is 6.54 Å². The highest BCUT2D eigenvalue weighted by atomic mass is 16.3. The molecule has 5 nitrogen and oxygen atoms in total. The van der Waals surface area contributed by atoms with Gasteiger partial charge in [0.25, 0.3) is 0 Å². The van der Waals surface area contributed by atoms with Crippen molar-refractivity contribution in [3.8, 4) is 5.69 Å². The van der Waals surface area contributed by atoms with Gasteiger partial charge in [-0.25, -0.2) is 0 Å². The van der Waals surface area contributed by atoms with E-state index in [1.54, 1.807) is 0 Å². The summed E-state index contributed by atoms with van der Waals surface area (Å²) < 4.78 is 9.22. The van der Waals surface area contributed by atoms with Crippen LogP contribution in [-0.4, -0.2) is 10.4 Å². The van der Waals surface area contributed by atoms with E-state index in [1.807, 2.05) is 30.3 Å². The second-order valence-corrected chi connectivity index (χ2v) is 13.3. The number of nitrogens with zero attached hydrogens (tertiary/aromatic N) is 2. The smallest absolute Gasteiger partial charge is 0.148 e. The Morgan fingerprint density at radius 2 is 1.27 bits per heavy atom. The number of hydrogen-bond acceptors (Lipinski definition) is 3. The first-order valence-electron chi connectivity index (χ1n) is 17.7. The van der Waals surface area contributed by atoms with E-state index in [-0.39, 0.29) is 0 Å². The second-order valence-electron chi connectivity index (χ2n) is 13.3. The standard InChI is InChI=1S/C47H34N4O/c48-46(36-22-12-18-31-15-6-7-19-34(31)36)50-47(49-29-30-13-2-1-3-14-30)38-25-26-41(44-37-21-9-11-24-43(37)52-45(38)44)51-40-23-10-8-20-35(40)39-27-32-16-4-5-17-33(32)28-42(39)51/h1-28,46H,29,48H2,(H,49,50). The highest BCUT2D eigenvalue weighted by Gasteiger charge is 2.23. The van der Waals surface area contributed by atoms with Crippen LogP contribution in [0.2, 0.25) is 0 Å². The van der Waals surface area contributed by atoms with Crippen LogP contribution in [0.25, 0.3) is 71.0 Å². The molecule has 0 bridgehead atoms. The van der Waals surface area contributed by atoms with Crippen LogP contribution in [0, 0.1) is 0 Å². The van der Waals surface area contributed by atoms with Crippen LogP contribution in [0.1, 0.15) is 22.9 Å².